The number of nitrogens with zero attached hydrogens (tertiary/aromatic N) is 3. The molecule has 6 nitrogen and oxygen atoms in total. The van der Waals surface area contributed by atoms with Crippen molar-refractivity contribution in [2.45, 2.75) is 57.7 Å². The molecule has 2 aliphatic heterocycles. The molecule has 1 amide bonds. The van der Waals surface area contributed by atoms with Crippen LogP contribution in [0.4, 0.5) is 8.78 Å². The zero-order valence-electron chi connectivity index (χ0n) is 21.3. The number of hydrogen-bond donors (Lipinski definition) is 1. The number of benzene rings is 1. The predicted molar refractivity (Wildman–Crippen MR) is 135 cm³/mol. The molecular formula is C28H37F2N3O3. The van der Waals surface area contributed by atoms with E-state index in [2.05, 4.69) is 9.88 Å². The molecule has 1 aromatic heterocycles. The van der Waals surface area contributed by atoms with Crippen molar-refractivity contribution >= 4 is 5.91 Å². The number of pyridine rings is 1. The highest BCUT2D eigenvalue weighted by atomic mass is 19.1. The van der Waals surface area contributed by atoms with Crippen LogP contribution in [0.5, 0.6) is 5.75 Å². The van der Waals surface area contributed by atoms with Crippen molar-refractivity contribution in [3.05, 3.63) is 47.9 Å². The molecule has 2 aliphatic rings. The molecule has 2 aromatic rings. The molecule has 0 saturated carbocycles. The van der Waals surface area contributed by atoms with Gasteiger partial charge in [0.15, 0.2) is 0 Å². The first-order valence-electron chi connectivity index (χ1n) is 13.1. The highest BCUT2D eigenvalue weighted by Crippen LogP contribution is 2.27. The molecule has 1 atom stereocenters. The van der Waals surface area contributed by atoms with Crippen LogP contribution < -0.4 is 4.74 Å². The number of ether oxygens (including phenoxy) is 1. The standard InChI is InChI=1S/C28H37F2N3O3/c1-3-28(30,4-2)19-32-12-9-20(10-13-32)18-36-23-6-8-26(31-16-23)21-5-7-24(25(29)15-21)27(35)33-14-11-22(34)17-33/h5-8,15-16,20,22,34H,3-4,9-14,17-19H2,1-2H3. The largest absolute Gasteiger partial charge is 0.492 e. The minimum absolute atomic E-state index is 0.000411. The molecule has 0 radical (unpaired) electrons. The highest BCUT2D eigenvalue weighted by Gasteiger charge is 2.30. The van der Waals surface area contributed by atoms with Gasteiger partial charge in [0.2, 0.25) is 0 Å². The Labute approximate surface area is 212 Å². The number of aromatic nitrogens is 1. The third kappa shape index (κ3) is 6.40. The summed E-state index contributed by atoms with van der Waals surface area (Å²) in [6, 6.07) is 8.08. The molecule has 1 N–H and O–H groups in total. The van der Waals surface area contributed by atoms with E-state index in [4.69, 9.17) is 4.74 Å². The number of rotatable bonds is 9. The number of alkyl halides is 1. The van der Waals surface area contributed by atoms with Crippen molar-refractivity contribution < 1.29 is 23.4 Å². The fourth-order valence-corrected chi connectivity index (χ4v) is 4.98. The van der Waals surface area contributed by atoms with Gasteiger partial charge in [0.25, 0.3) is 5.91 Å². The fraction of sp³-hybridized carbons (Fsp3) is 0.571. The summed E-state index contributed by atoms with van der Waals surface area (Å²) in [6.45, 7) is 7.37. The summed E-state index contributed by atoms with van der Waals surface area (Å²) in [4.78, 5) is 20.7. The molecule has 8 heteroatoms. The van der Waals surface area contributed by atoms with Crippen molar-refractivity contribution in [2.75, 3.05) is 39.3 Å². The van der Waals surface area contributed by atoms with Gasteiger partial charge in [-0.1, -0.05) is 19.9 Å². The molecule has 2 fully saturated rings. The second kappa shape index (κ2) is 11.6. The predicted octanol–water partition coefficient (Wildman–Crippen LogP) is 4.71. The van der Waals surface area contributed by atoms with E-state index in [9.17, 15) is 18.7 Å². The van der Waals surface area contributed by atoms with Crippen LogP contribution in [-0.4, -0.2) is 76.9 Å². The first kappa shape index (κ1) is 26.5. The van der Waals surface area contributed by atoms with Crippen molar-refractivity contribution in [1.29, 1.82) is 0 Å². The number of amides is 1. The third-order valence-corrected chi connectivity index (χ3v) is 7.65. The van der Waals surface area contributed by atoms with E-state index < -0.39 is 23.5 Å². The SMILES string of the molecule is CCC(F)(CC)CN1CCC(COc2ccc(-c3ccc(C(=O)N4CCC(O)C4)c(F)c3)nc2)CC1. The lowest BCUT2D eigenvalue weighted by molar-refractivity contribution is 0.0568. The normalized spacial score (nSPS) is 19.6. The third-order valence-electron chi connectivity index (χ3n) is 7.65. The van der Waals surface area contributed by atoms with Gasteiger partial charge >= 0.3 is 0 Å². The molecular weight excluding hydrogens is 464 g/mol. The van der Waals surface area contributed by atoms with Crippen LogP contribution in [0.25, 0.3) is 11.3 Å². The molecule has 3 heterocycles. The number of carbonyl (C=O) groups is 1. The summed E-state index contributed by atoms with van der Waals surface area (Å²) in [5, 5.41) is 9.64. The van der Waals surface area contributed by atoms with Gasteiger partial charge in [0.05, 0.1) is 30.2 Å². The Kier molecular flexibility index (Phi) is 8.57. The molecule has 4 rings (SSSR count). The lowest BCUT2D eigenvalue weighted by Gasteiger charge is -2.36. The van der Waals surface area contributed by atoms with Gasteiger partial charge in [-0.05, 0) is 75.4 Å². The van der Waals surface area contributed by atoms with E-state index in [1.165, 1.54) is 17.0 Å². The molecule has 0 aliphatic carbocycles. The highest BCUT2D eigenvalue weighted by molar-refractivity contribution is 5.95. The number of piperidine rings is 1. The van der Waals surface area contributed by atoms with E-state index in [-0.39, 0.29) is 12.1 Å². The Bertz CT molecular complexity index is 1020. The number of hydrogen-bond acceptors (Lipinski definition) is 5. The van der Waals surface area contributed by atoms with Crippen LogP contribution in [0.2, 0.25) is 0 Å². The minimum Gasteiger partial charge on any atom is -0.492 e. The topological polar surface area (TPSA) is 65.9 Å². The second-order valence-corrected chi connectivity index (χ2v) is 10.2. The summed E-state index contributed by atoms with van der Waals surface area (Å²) in [5.74, 6) is 0.0722. The van der Waals surface area contributed by atoms with E-state index in [0.29, 0.717) is 61.9 Å². The van der Waals surface area contributed by atoms with Crippen LogP contribution in [0.3, 0.4) is 0 Å². The summed E-state index contributed by atoms with van der Waals surface area (Å²) < 4.78 is 35.4. The van der Waals surface area contributed by atoms with E-state index in [0.717, 1.165) is 25.9 Å². The first-order chi connectivity index (χ1) is 17.3. The smallest absolute Gasteiger partial charge is 0.256 e. The number of β-amino-alcohol motifs (C(OH)–C–C–N with tert-alkyl or cyclic N) is 1. The number of halogens is 2. The maximum atomic E-state index is 14.7. The zero-order chi connectivity index (χ0) is 25.7. The number of aliphatic hydroxyl groups excluding tert-OH is 1. The molecule has 36 heavy (non-hydrogen) atoms. The van der Waals surface area contributed by atoms with Gasteiger partial charge in [0, 0.05) is 25.2 Å². The summed E-state index contributed by atoms with van der Waals surface area (Å²) in [7, 11) is 0. The van der Waals surface area contributed by atoms with E-state index >= 15 is 0 Å². The van der Waals surface area contributed by atoms with Crippen molar-refractivity contribution in [1.82, 2.24) is 14.8 Å². The Morgan fingerprint density at radius 2 is 1.89 bits per heavy atom. The molecule has 0 bridgehead atoms. The van der Waals surface area contributed by atoms with Crippen molar-refractivity contribution in [3.63, 3.8) is 0 Å². The maximum absolute atomic E-state index is 14.7. The van der Waals surface area contributed by atoms with Gasteiger partial charge in [-0.3, -0.25) is 9.78 Å². The van der Waals surface area contributed by atoms with Crippen LogP contribution >= 0.6 is 0 Å². The fourth-order valence-electron chi connectivity index (χ4n) is 4.98. The van der Waals surface area contributed by atoms with Crippen molar-refractivity contribution in [3.8, 4) is 17.0 Å². The van der Waals surface area contributed by atoms with Gasteiger partial charge in [-0.15, -0.1) is 0 Å². The summed E-state index contributed by atoms with van der Waals surface area (Å²) >= 11 is 0. The molecule has 2 saturated heterocycles. The molecule has 0 spiro atoms. The zero-order valence-corrected chi connectivity index (χ0v) is 21.3. The maximum Gasteiger partial charge on any atom is 0.256 e. The Morgan fingerprint density at radius 3 is 2.47 bits per heavy atom. The van der Waals surface area contributed by atoms with Crippen molar-refractivity contribution in [2.24, 2.45) is 5.92 Å². The Hall–Kier alpha value is -2.58. The number of carbonyl (C=O) groups excluding carboxylic acids is 1. The monoisotopic (exact) mass is 501 g/mol. The van der Waals surface area contributed by atoms with Crippen LogP contribution in [0, 0.1) is 11.7 Å². The number of aliphatic hydroxyl groups is 1. The first-order valence-corrected chi connectivity index (χ1v) is 13.1. The van der Waals surface area contributed by atoms with E-state index in [1.54, 1.807) is 18.3 Å². The quantitative estimate of drug-likeness (QED) is 0.539. The van der Waals surface area contributed by atoms with Gasteiger partial charge < -0.3 is 19.6 Å². The van der Waals surface area contributed by atoms with E-state index in [1.807, 2.05) is 19.9 Å². The lowest BCUT2D eigenvalue weighted by atomic mass is 9.94. The van der Waals surface area contributed by atoms with Gasteiger partial charge in [-0.25, -0.2) is 8.78 Å². The second-order valence-electron chi connectivity index (χ2n) is 10.2. The lowest BCUT2D eigenvalue weighted by Crippen LogP contribution is -2.44. The summed E-state index contributed by atoms with van der Waals surface area (Å²) in [6.07, 6.45) is 4.67. The average molecular weight is 502 g/mol. The average Bonchev–Trinajstić information content (AvgIpc) is 3.34. The molecule has 1 aromatic carbocycles. The van der Waals surface area contributed by atoms with Crippen LogP contribution in [0.15, 0.2) is 36.5 Å². The molecule has 196 valence electrons. The Morgan fingerprint density at radius 1 is 1.14 bits per heavy atom. The van der Waals surface area contributed by atoms with Gasteiger partial charge in [0.1, 0.15) is 17.2 Å². The minimum atomic E-state index is -1.09. The van der Waals surface area contributed by atoms with Crippen LogP contribution in [0.1, 0.15) is 56.3 Å². The van der Waals surface area contributed by atoms with Crippen LogP contribution in [-0.2, 0) is 0 Å². The molecule has 1 unspecified atom stereocenters. The van der Waals surface area contributed by atoms with Gasteiger partial charge in [-0.2, -0.15) is 0 Å². The Balaban J connectivity index is 1.27. The number of likely N-dealkylation sites (tertiary alicyclic amines) is 2. The summed E-state index contributed by atoms with van der Waals surface area (Å²) in [5.41, 5.74) is 0.0761.